The van der Waals surface area contributed by atoms with Crippen LogP contribution in [0.25, 0.3) is 0 Å². The van der Waals surface area contributed by atoms with Gasteiger partial charge in [0.25, 0.3) is 0 Å². The van der Waals surface area contributed by atoms with Crippen molar-refractivity contribution in [1.82, 2.24) is 5.32 Å². The van der Waals surface area contributed by atoms with Gasteiger partial charge in [-0.2, -0.15) is 0 Å². The fourth-order valence-corrected chi connectivity index (χ4v) is 1.73. The number of ether oxygens (including phenoxy) is 2. The molecule has 2 unspecified atom stereocenters. The zero-order chi connectivity index (χ0) is 14.3. The van der Waals surface area contributed by atoms with Crippen LogP contribution in [0.5, 0.6) is 0 Å². The van der Waals surface area contributed by atoms with Crippen LogP contribution in [-0.2, 0) is 14.3 Å². The zero-order valence-corrected chi connectivity index (χ0v) is 11.6. The van der Waals surface area contributed by atoms with Crippen LogP contribution in [0.4, 0.5) is 0 Å². The molecule has 0 spiro atoms. The van der Waals surface area contributed by atoms with Gasteiger partial charge in [-0.1, -0.05) is 37.3 Å². The lowest BCUT2D eigenvalue weighted by Gasteiger charge is -2.21. The number of rotatable bonds is 7. The highest BCUT2D eigenvalue weighted by molar-refractivity contribution is 5.79. The molecule has 0 bridgehead atoms. The second kappa shape index (κ2) is 7.89. The van der Waals surface area contributed by atoms with Crippen LogP contribution < -0.4 is 11.1 Å². The smallest absolute Gasteiger partial charge is 0.224 e. The van der Waals surface area contributed by atoms with E-state index in [1.807, 2.05) is 37.3 Å². The van der Waals surface area contributed by atoms with Gasteiger partial charge in [-0.25, -0.2) is 0 Å². The average Bonchev–Trinajstić information content (AvgIpc) is 2.47. The average molecular weight is 266 g/mol. The van der Waals surface area contributed by atoms with E-state index in [0.717, 1.165) is 5.56 Å². The normalized spacial score (nSPS) is 14.2. The van der Waals surface area contributed by atoms with Gasteiger partial charge < -0.3 is 20.5 Å². The van der Waals surface area contributed by atoms with Crippen LogP contribution in [0.1, 0.15) is 18.5 Å². The number of nitrogens with one attached hydrogen (secondary N) is 1. The van der Waals surface area contributed by atoms with E-state index in [9.17, 15) is 4.79 Å². The Balaban J connectivity index is 2.52. The van der Waals surface area contributed by atoms with E-state index in [1.54, 1.807) is 0 Å². The summed E-state index contributed by atoms with van der Waals surface area (Å²) in [5.74, 6) is -0.438. The van der Waals surface area contributed by atoms with E-state index in [4.69, 9.17) is 15.2 Å². The Morgan fingerprint density at radius 1 is 1.26 bits per heavy atom. The number of hydrogen-bond donors (Lipinski definition) is 2. The molecule has 106 valence electrons. The Morgan fingerprint density at radius 2 is 1.84 bits per heavy atom. The second-order valence-electron chi connectivity index (χ2n) is 4.37. The summed E-state index contributed by atoms with van der Waals surface area (Å²) in [5, 5.41) is 2.77. The third-order valence-corrected chi connectivity index (χ3v) is 3.11. The minimum absolute atomic E-state index is 0.115. The van der Waals surface area contributed by atoms with Crippen molar-refractivity contribution in [2.24, 2.45) is 11.7 Å². The standard InChI is InChI=1S/C14H22N2O3/c1-10(13(15)11-7-5-4-6-8-11)14(17)16-9-12(18-2)19-3/h4-8,10,12-13H,9,15H2,1-3H3,(H,16,17). The second-order valence-corrected chi connectivity index (χ2v) is 4.37. The molecule has 5 heteroatoms. The number of carbonyl (C=O) groups excluding carboxylic acids is 1. The van der Waals surface area contributed by atoms with Gasteiger partial charge in [0.15, 0.2) is 6.29 Å². The van der Waals surface area contributed by atoms with Crippen LogP contribution in [0.2, 0.25) is 0 Å². The molecule has 3 N–H and O–H groups in total. The molecule has 1 amide bonds. The third kappa shape index (κ3) is 4.63. The molecule has 0 aliphatic rings. The Labute approximate surface area is 114 Å². The number of methoxy groups -OCH3 is 2. The number of benzene rings is 1. The first kappa shape index (κ1) is 15.6. The monoisotopic (exact) mass is 266 g/mol. The molecule has 0 radical (unpaired) electrons. The summed E-state index contributed by atoms with van der Waals surface area (Å²) in [7, 11) is 3.05. The molecular weight excluding hydrogens is 244 g/mol. The summed E-state index contributed by atoms with van der Waals surface area (Å²) in [6.45, 7) is 2.11. The lowest BCUT2D eigenvalue weighted by molar-refractivity contribution is -0.131. The molecule has 1 aromatic rings. The number of hydrogen-bond acceptors (Lipinski definition) is 4. The van der Waals surface area contributed by atoms with Gasteiger partial charge in [-0.15, -0.1) is 0 Å². The Morgan fingerprint density at radius 3 is 2.37 bits per heavy atom. The molecule has 0 aliphatic heterocycles. The molecule has 19 heavy (non-hydrogen) atoms. The summed E-state index contributed by atoms with van der Waals surface area (Å²) in [4.78, 5) is 12.0. The van der Waals surface area contributed by atoms with Crippen molar-refractivity contribution in [2.75, 3.05) is 20.8 Å². The maximum atomic E-state index is 12.0. The first-order valence-corrected chi connectivity index (χ1v) is 6.24. The van der Waals surface area contributed by atoms with Crippen molar-refractivity contribution >= 4 is 5.91 Å². The topological polar surface area (TPSA) is 73.6 Å². The lowest BCUT2D eigenvalue weighted by atomic mass is 9.95. The van der Waals surface area contributed by atoms with E-state index in [1.165, 1.54) is 14.2 Å². The van der Waals surface area contributed by atoms with Crippen molar-refractivity contribution in [3.05, 3.63) is 35.9 Å². The molecule has 0 saturated heterocycles. The zero-order valence-electron chi connectivity index (χ0n) is 11.6. The van der Waals surface area contributed by atoms with Gasteiger partial charge in [0.1, 0.15) is 0 Å². The Bertz CT molecular complexity index is 380. The summed E-state index contributed by atoms with van der Waals surface area (Å²) in [5.41, 5.74) is 7.03. The molecule has 0 heterocycles. The summed E-state index contributed by atoms with van der Waals surface area (Å²) >= 11 is 0. The first-order valence-electron chi connectivity index (χ1n) is 6.24. The predicted molar refractivity (Wildman–Crippen MR) is 73.4 cm³/mol. The number of nitrogens with two attached hydrogens (primary N) is 1. The van der Waals surface area contributed by atoms with Crippen molar-refractivity contribution in [1.29, 1.82) is 0 Å². The van der Waals surface area contributed by atoms with Crippen LogP contribution in [-0.4, -0.2) is 33.0 Å². The van der Waals surface area contributed by atoms with E-state index in [-0.39, 0.29) is 17.9 Å². The lowest BCUT2D eigenvalue weighted by Crippen LogP contribution is -2.40. The predicted octanol–water partition coefficient (Wildman–Crippen LogP) is 1.06. The van der Waals surface area contributed by atoms with Crippen LogP contribution in [0.15, 0.2) is 30.3 Å². The van der Waals surface area contributed by atoms with E-state index >= 15 is 0 Å². The highest BCUT2D eigenvalue weighted by Gasteiger charge is 2.22. The molecule has 0 saturated carbocycles. The molecule has 2 atom stereocenters. The van der Waals surface area contributed by atoms with Gasteiger partial charge in [0.05, 0.1) is 12.5 Å². The summed E-state index contributed by atoms with van der Waals surface area (Å²) in [6, 6.07) is 9.24. The quantitative estimate of drug-likeness (QED) is 0.724. The molecule has 0 fully saturated rings. The molecule has 5 nitrogen and oxygen atoms in total. The highest BCUT2D eigenvalue weighted by atomic mass is 16.7. The number of amides is 1. The molecule has 1 rings (SSSR count). The fraction of sp³-hybridized carbons (Fsp3) is 0.500. The van der Waals surface area contributed by atoms with Crippen molar-refractivity contribution in [3.63, 3.8) is 0 Å². The van der Waals surface area contributed by atoms with Gasteiger partial charge in [0.2, 0.25) is 5.91 Å². The molecule has 0 aliphatic carbocycles. The number of carbonyl (C=O) groups is 1. The highest BCUT2D eigenvalue weighted by Crippen LogP contribution is 2.18. The largest absolute Gasteiger partial charge is 0.354 e. The van der Waals surface area contributed by atoms with E-state index in [2.05, 4.69) is 5.32 Å². The van der Waals surface area contributed by atoms with Crippen LogP contribution in [0, 0.1) is 5.92 Å². The maximum Gasteiger partial charge on any atom is 0.224 e. The summed E-state index contributed by atoms with van der Waals surface area (Å²) in [6.07, 6.45) is -0.441. The summed E-state index contributed by atoms with van der Waals surface area (Å²) < 4.78 is 10.0. The van der Waals surface area contributed by atoms with Crippen LogP contribution >= 0.6 is 0 Å². The fourth-order valence-electron chi connectivity index (χ4n) is 1.73. The Hall–Kier alpha value is -1.43. The van der Waals surface area contributed by atoms with Crippen LogP contribution in [0.3, 0.4) is 0 Å². The minimum atomic E-state index is -0.441. The molecule has 1 aromatic carbocycles. The van der Waals surface area contributed by atoms with E-state index in [0.29, 0.717) is 6.54 Å². The first-order chi connectivity index (χ1) is 9.10. The maximum absolute atomic E-state index is 12.0. The van der Waals surface area contributed by atoms with Crippen molar-refractivity contribution in [2.45, 2.75) is 19.3 Å². The van der Waals surface area contributed by atoms with E-state index < -0.39 is 6.29 Å². The molecular formula is C14H22N2O3. The molecule has 0 aromatic heterocycles. The van der Waals surface area contributed by atoms with Crippen molar-refractivity contribution < 1.29 is 14.3 Å². The van der Waals surface area contributed by atoms with Gasteiger partial charge >= 0.3 is 0 Å². The van der Waals surface area contributed by atoms with Gasteiger partial charge in [-0.05, 0) is 5.56 Å². The minimum Gasteiger partial charge on any atom is -0.354 e. The SMILES string of the molecule is COC(CNC(=O)C(C)C(N)c1ccccc1)OC. The third-order valence-electron chi connectivity index (χ3n) is 3.11. The van der Waals surface area contributed by atoms with Crippen molar-refractivity contribution in [3.8, 4) is 0 Å². The Kier molecular flexibility index (Phi) is 6.49. The van der Waals surface area contributed by atoms with Gasteiger partial charge in [0, 0.05) is 20.3 Å². The van der Waals surface area contributed by atoms with Gasteiger partial charge in [-0.3, -0.25) is 4.79 Å².